The van der Waals surface area contributed by atoms with Crippen LogP contribution in [0.5, 0.6) is 11.5 Å². The van der Waals surface area contributed by atoms with Gasteiger partial charge in [0.1, 0.15) is 11.5 Å². The lowest BCUT2D eigenvalue weighted by Crippen LogP contribution is -2.47. The molecule has 1 aliphatic heterocycles. The molecule has 2 atom stereocenters. The lowest BCUT2D eigenvalue weighted by atomic mass is 9.88. The van der Waals surface area contributed by atoms with Gasteiger partial charge in [-0.1, -0.05) is 24.3 Å². The molecule has 0 radical (unpaired) electrons. The van der Waals surface area contributed by atoms with Crippen molar-refractivity contribution < 1.29 is 27.8 Å². The van der Waals surface area contributed by atoms with Gasteiger partial charge in [-0.25, -0.2) is 0 Å². The van der Waals surface area contributed by atoms with E-state index in [1.54, 1.807) is 24.5 Å². The van der Waals surface area contributed by atoms with Crippen LogP contribution < -0.4 is 10.1 Å². The second kappa shape index (κ2) is 11.4. The number of aromatic nitrogens is 1. The summed E-state index contributed by atoms with van der Waals surface area (Å²) in [6.07, 6.45) is -0.515. The van der Waals surface area contributed by atoms with Gasteiger partial charge in [0.2, 0.25) is 5.91 Å². The summed E-state index contributed by atoms with van der Waals surface area (Å²) in [5, 5.41) is 12.5. The molecule has 0 spiro atoms. The predicted octanol–water partition coefficient (Wildman–Crippen LogP) is 4.64. The number of likely N-dealkylation sites (tertiary alicyclic amines) is 1. The summed E-state index contributed by atoms with van der Waals surface area (Å²) in [5.74, 6) is -0.115. The topological polar surface area (TPSA) is 74.7 Å². The van der Waals surface area contributed by atoms with Crippen LogP contribution in [0.3, 0.4) is 0 Å². The van der Waals surface area contributed by atoms with E-state index < -0.39 is 11.7 Å². The number of ether oxygens (including phenoxy) is 1. The average molecular weight is 500 g/mol. The highest BCUT2D eigenvalue weighted by Crippen LogP contribution is 2.32. The number of phenols is 1. The summed E-state index contributed by atoms with van der Waals surface area (Å²) in [4.78, 5) is 19.2. The van der Waals surface area contributed by atoms with E-state index in [4.69, 9.17) is 4.74 Å². The number of hydrogen-bond acceptors (Lipinski definition) is 5. The number of halogens is 3. The molecule has 0 aliphatic carbocycles. The number of aromatic hydroxyl groups is 1. The molecule has 9 heteroatoms. The Morgan fingerprint density at radius 3 is 2.61 bits per heavy atom. The number of nitrogens with zero attached hydrogens (tertiary/aromatic N) is 2. The Hall–Kier alpha value is -3.59. The van der Waals surface area contributed by atoms with Crippen LogP contribution in [0, 0.1) is 11.8 Å². The summed E-state index contributed by atoms with van der Waals surface area (Å²) in [6.45, 7) is 2.31. The van der Waals surface area contributed by atoms with Gasteiger partial charge in [0.05, 0.1) is 18.1 Å². The molecule has 36 heavy (non-hydrogen) atoms. The molecule has 1 aromatic heterocycles. The van der Waals surface area contributed by atoms with Crippen LogP contribution in [0.1, 0.15) is 23.1 Å². The van der Waals surface area contributed by atoms with E-state index in [-0.39, 0.29) is 35.8 Å². The molecule has 6 nitrogen and oxygen atoms in total. The quantitative estimate of drug-likeness (QED) is 0.473. The van der Waals surface area contributed by atoms with Gasteiger partial charge in [0.15, 0.2) is 0 Å². The fourth-order valence-electron chi connectivity index (χ4n) is 4.41. The number of amides is 1. The van der Waals surface area contributed by atoms with Crippen molar-refractivity contribution in [3.63, 3.8) is 0 Å². The first-order valence-electron chi connectivity index (χ1n) is 11.7. The molecule has 2 N–H and O–H groups in total. The lowest BCUT2D eigenvalue weighted by molar-refractivity contribution is -0.137. The molecule has 2 aromatic carbocycles. The van der Waals surface area contributed by atoms with Crippen LogP contribution in [-0.4, -0.2) is 40.6 Å². The van der Waals surface area contributed by atoms with Crippen molar-refractivity contribution in [3.05, 3.63) is 89.7 Å². The number of alkyl halides is 3. The zero-order chi connectivity index (χ0) is 25.5. The van der Waals surface area contributed by atoms with Crippen molar-refractivity contribution in [1.29, 1.82) is 0 Å². The van der Waals surface area contributed by atoms with Crippen molar-refractivity contribution in [2.45, 2.75) is 25.7 Å². The predicted molar refractivity (Wildman–Crippen MR) is 128 cm³/mol. The first-order chi connectivity index (χ1) is 17.3. The Morgan fingerprint density at radius 1 is 1.08 bits per heavy atom. The Labute approximate surface area is 207 Å². The summed E-state index contributed by atoms with van der Waals surface area (Å²) in [6, 6.07) is 15.4. The molecule has 3 aromatic rings. The zero-order valence-corrected chi connectivity index (χ0v) is 19.6. The van der Waals surface area contributed by atoms with Crippen molar-refractivity contribution in [3.8, 4) is 11.5 Å². The van der Waals surface area contributed by atoms with E-state index in [1.165, 1.54) is 12.1 Å². The third-order valence-electron chi connectivity index (χ3n) is 6.16. The molecule has 4 rings (SSSR count). The molecule has 1 fully saturated rings. The fraction of sp³-hybridized carbons (Fsp3) is 0.333. The number of rotatable bonds is 8. The number of benzene rings is 2. The molecule has 190 valence electrons. The summed E-state index contributed by atoms with van der Waals surface area (Å²) in [7, 11) is 0. The van der Waals surface area contributed by atoms with Gasteiger partial charge in [0, 0.05) is 44.5 Å². The minimum Gasteiger partial charge on any atom is -0.508 e. The highest BCUT2D eigenvalue weighted by Gasteiger charge is 2.33. The molecule has 0 bridgehead atoms. The Bertz CT molecular complexity index is 1140. The number of carbonyl (C=O) groups is 1. The second-order valence-corrected chi connectivity index (χ2v) is 9.07. The molecular formula is C27H28F3N3O3. The van der Waals surface area contributed by atoms with Gasteiger partial charge < -0.3 is 15.2 Å². The van der Waals surface area contributed by atoms with Crippen molar-refractivity contribution >= 4 is 5.91 Å². The van der Waals surface area contributed by atoms with Gasteiger partial charge >= 0.3 is 6.18 Å². The van der Waals surface area contributed by atoms with E-state index in [9.17, 15) is 23.1 Å². The molecule has 2 heterocycles. The Balaban J connectivity index is 1.42. The summed E-state index contributed by atoms with van der Waals surface area (Å²) < 4.78 is 44.9. The van der Waals surface area contributed by atoms with Crippen LogP contribution >= 0.6 is 0 Å². The lowest BCUT2D eigenvalue weighted by Gasteiger charge is -2.37. The molecule has 1 aliphatic rings. The maximum Gasteiger partial charge on any atom is 0.416 e. The SMILES string of the molecule is O=C(NCc1cccnc1)[C@@H]1C[C@H](COc2cccc(C(F)(F)F)c2)CN(Cc2ccc(O)cc2)C1. The maximum atomic E-state index is 13.1. The summed E-state index contributed by atoms with van der Waals surface area (Å²) >= 11 is 0. The number of piperidine rings is 1. The van der Waals surface area contributed by atoms with Crippen LogP contribution in [0.15, 0.2) is 73.1 Å². The van der Waals surface area contributed by atoms with E-state index in [2.05, 4.69) is 15.2 Å². The Morgan fingerprint density at radius 2 is 1.89 bits per heavy atom. The largest absolute Gasteiger partial charge is 0.508 e. The van der Waals surface area contributed by atoms with E-state index >= 15 is 0 Å². The highest BCUT2D eigenvalue weighted by molar-refractivity contribution is 5.79. The molecule has 0 unspecified atom stereocenters. The van der Waals surface area contributed by atoms with Gasteiger partial charge in [-0.05, 0) is 53.9 Å². The molecular weight excluding hydrogens is 471 g/mol. The third kappa shape index (κ3) is 7.21. The van der Waals surface area contributed by atoms with Crippen LogP contribution in [0.25, 0.3) is 0 Å². The van der Waals surface area contributed by atoms with Gasteiger partial charge in [-0.2, -0.15) is 13.2 Å². The second-order valence-electron chi connectivity index (χ2n) is 9.07. The highest BCUT2D eigenvalue weighted by atomic mass is 19.4. The third-order valence-corrected chi connectivity index (χ3v) is 6.16. The van der Waals surface area contributed by atoms with Gasteiger partial charge in [-0.3, -0.25) is 14.7 Å². The van der Waals surface area contributed by atoms with E-state index in [0.717, 1.165) is 23.3 Å². The molecule has 1 saturated heterocycles. The first kappa shape index (κ1) is 25.5. The van der Waals surface area contributed by atoms with E-state index in [1.807, 2.05) is 24.3 Å². The molecule has 1 amide bonds. The number of carbonyl (C=O) groups excluding carboxylic acids is 1. The molecule has 0 saturated carbocycles. The Kier molecular flexibility index (Phi) is 8.10. The zero-order valence-electron chi connectivity index (χ0n) is 19.6. The monoisotopic (exact) mass is 499 g/mol. The summed E-state index contributed by atoms with van der Waals surface area (Å²) in [5.41, 5.74) is 1.12. The number of nitrogens with one attached hydrogen (secondary N) is 1. The maximum absolute atomic E-state index is 13.1. The van der Waals surface area contributed by atoms with Crippen molar-refractivity contribution in [1.82, 2.24) is 15.2 Å². The first-order valence-corrected chi connectivity index (χ1v) is 11.7. The standard InChI is InChI=1S/C27H28F3N3O3/c28-27(29,30)23-4-1-5-25(12-23)36-18-21-11-22(26(35)32-14-20-3-2-10-31-13-20)17-33(16-21)15-19-6-8-24(34)9-7-19/h1-10,12-13,21-22,34H,11,14-18H2,(H,32,35)/t21-,22+/m0/s1. The van der Waals surface area contributed by atoms with Gasteiger partial charge in [-0.15, -0.1) is 0 Å². The number of pyridine rings is 1. The van der Waals surface area contributed by atoms with Crippen LogP contribution in [0.2, 0.25) is 0 Å². The average Bonchev–Trinajstić information content (AvgIpc) is 2.87. The minimum atomic E-state index is -4.44. The minimum absolute atomic E-state index is 0.0560. The van der Waals surface area contributed by atoms with Crippen LogP contribution in [-0.2, 0) is 24.1 Å². The van der Waals surface area contributed by atoms with Crippen molar-refractivity contribution in [2.24, 2.45) is 11.8 Å². The number of phenolic OH excluding ortho intramolecular Hbond substituents is 1. The van der Waals surface area contributed by atoms with Crippen molar-refractivity contribution in [2.75, 3.05) is 19.7 Å². The van der Waals surface area contributed by atoms with Gasteiger partial charge in [0.25, 0.3) is 0 Å². The van der Waals surface area contributed by atoms with Crippen LogP contribution in [0.4, 0.5) is 13.2 Å². The smallest absolute Gasteiger partial charge is 0.416 e. The van der Waals surface area contributed by atoms with E-state index in [0.29, 0.717) is 32.6 Å². The fourth-order valence-corrected chi connectivity index (χ4v) is 4.41. The number of hydrogen-bond donors (Lipinski definition) is 2. The normalized spacial score (nSPS) is 18.5.